The van der Waals surface area contributed by atoms with E-state index in [2.05, 4.69) is 22.0 Å². The van der Waals surface area contributed by atoms with E-state index in [1.54, 1.807) is 0 Å². The van der Waals surface area contributed by atoms with Crippen LogP contribution in [-0.4, -0.2) is 46.0 Å². The van der Waals surface area contributed by atoms with Crippen molar-refractivity contribution in [2.75, 3.05) is 19.7 Å². The number of aliphatic hydroxyl groups excluding tert-OH is 1. The van der Waals surface area contributed by atoms with Crippen LogP contribution in [0.1, 0.15) is 38.5 Å². The van der Waals surface area contributed by atoms with Gasteiger partial charge in [0.05, 0.1) is 19.3 Å². The molecule has 0 saturated carbocycles. The molecular weight excluding hydrogens is 306 g/mol. The lowest BCUT2D eigenvalue weighted by Crippen LogP contribution is -2.35. The molecule has 0 amide bonds. The van der Waals surface area contributed by atoms with Gasteiger partial charge in [0.2, 0.25) is 11.8 Å². The third kappa shape index (κ3) is 4.55. The molecule has 1 aromatic carbocycles. The van der Waals surface area contributed by atoms with Crippen LogP contribution in [0.5, 0.6) is 5.75 Å². The van der Waals surface area contributed by atoms with E-state index in [1.165, 1.54) is 0 Å². The van der Waals surface area contributed by atoms with Crippen LogP contribution in [0, 0.1) is 0 Å². The number of aliphatic hydroxyl groups is 1. The Balaban J connectivity index is 1.56. The van der Waals surface area contributed by atoms with Gasteiger partial charge in [-0.05, 0) is 43.5 Å². The predicted molar refractivity (Wildman–Crippen MR) is 90.7 cm³/mol. The number of unbranched alkanes of at least 4 members (excludes halogenated alkanes) is 1. The van der Waals surface area contributed by atoms with E-state index in [4.69, 9.17) is 9.15 Å². The number of piperidine rings is 1. The summed E-state index contributed by atoms with van der Waals surface area (Å²) in [4.78, 5) is 2.23. The molecule has 0 atom stereocenters. The molecule has 1 aliphatic heterocycles. The van der Waals surface area contributed by atoms with Gasteiger partial charge in [-0.25, -0.2) is 0 Å². The summed E-state index contributed by atoms with van der Waals surface area (Å²) in [6, 6.07) is 7.74. The minimum absolute atomic E-state index is 0.169. The Morgan fingerprint density at radius 1 is 1.21 bits per heavy atom. The molecule has 6 heteroatoms. The fraction of sp³-hybridized carbons (Fsp3) is 0.556. The Hall–Kier alpha value is -1.92. The average Bonchev–Trinajstić information content (AvgIpc) is 3.06. The van der Waals surface area contributed by atoms with Crippen molar-refractivity contribution in [2.24, 2.45) is 0 Å². The van der Waals surface area contributed by atoms with Gasteiger partial charge in [-0.15, -0.1) is 10.2 Å². The first-order chi connectivity index (χ1) is 11.7. The molecule has 2 heterocycles. The van der Waals surface area contributed by atoms with Crippen molar-refractivity contribution in [2.45, 2.75) is 45.3 Å². The number of hydrogen-bond donors (Lipinski definition) is 1. The van der Waals surface area contributed by atoms with E-state index in [1.807, 2.05) is 24.3 Å². The van der Waals surface area contributed by atoms with Crippen molar-refractivity contribution in [3.8, 4) is 17.2 Å². The summed E-state index contributed by atoms with van der Waals surface area (Å²) in [7, 11) is 0. The first-order valence-electron chi connectivity index (χ1n) is 8.70. The zero-order chi connectivity index (χ0) is 16.8. The third-order valence-electron chi connectivity index (χ3n) is 4.25. The zero-order valence-corrected chi connectivity index (χ0v) is 14.1. The van der Waals surface area contributed by atoms with Gasteiger partial charge in [0.15, 0.2) is 0 Å². The number of likely N-dealkylation sites (tertiary alicyclic amines) is 1. The van der Waals surface area contributed by atoms with Crippen molar-refractivity contribution in [1.29, 1.82) is 0 Å². The molecule has 0 spiro atoms. The van der Waals surface area contributed by atoms with E-state index in [0.717, 1.165) is 56.7 Å². The van der Waals surface area contributed by atoms with Crippen LogP contribution in [0.25, 0.3) is 11.5 Å². The second kappa shape index (κ2) is 8.26. The van der Waals surface area contributed by atoms with Crippen LogP contribution >= 0.6 is 0 Å². The smallest absolute Gasteiger partial charge is 0.247 e. The van der Waals surface area contributed by atoms with Crippen molar-refractivity contribution in [3.05, 3.63) is 30.2 Å². The van der Waals surface area contributed by atoms with Gasteiger partial charge in [-0.1, -0.05) is 13.3 Å². The molecule has 0 radical (unpaired) electrons. The molecule has 0 bridgehead atoms. The average molecular weight is 331 g/mol. The lowest BCUT2D eigenvalue weighted by molar-refractivity contribution is 0.0752. The van der Waals surface area contributed by atoms with Gasteiger partial charge in [0, 0.05) is 18.7 Å². The zero-order valence-electron chi connectivity index (χ0n) is 14.1. The first-order valence-corrected chi connectivity index (χ1v) is 8.70. The van der Waals surface area contributed by atoms with E-state index in [-0.39, 0.29) is 6.10 Å². The quantitative estimate of drug-likeness (QED) is 0.787. The van der Waals surface area contributed by atoms with Crippen molar-refractivity contribution in [1.82, 2.24) is 15.1 Å². The topological polar surface area (TPSA) is 71.6 Å². The van der Waals surface area contributed by atoms with Gasteiger partial charge in [-0.2, -0.15) is 0 Å². The van der Waals surface area contributed by atoms with Gasteiger partial charge in [0.25, 0.3) is 0 Å². The summed E-state index contributed by atoms with van der Waals surface area (Å²) >= 11 is 0. The van der Waals surface area contributed by atoms with Gasteiger partial charge in [0.1, 0.15) is 5.75 Å². The fourth-order valence-electron chi connectivity index (χ4n) is 2.73. The van der Waals surface area contributed by atoms with E-state index >= 15 is 0 Å². The maximum Gasteiger partial charge on any atom is 0.247 e. The summed E-state index contributed by atoms with van der Waals surface area (Å²) in [5, 5.41) is 17.8. The summed E-state index contributed by atoms with van der Waals surface area (Å²) in [5.74, 6) is 2.01. The minimum Gasteiger partial charge on any atom is -0.494 e. The Morgan fingerprint density at radius 3 is 2.67 bits per heavy atom. The van der Waals surface area contributed by atoms with Crippen molar-refractivity contribution in [3.63, 3.8) is 0 Å². The molecule has 0 unspecified atom stereocenters. The van der Waals surface area contributed by atoms with Gasteiger partial charge in [-0.3, -0.25) is 4.90 Å². The van der Waals surface area contributed by atoms with E-state index in [0.29, 0.717) is 18.3 Å². The number of aromatic nitrogens is 2. The molecule has 1 aromatic heterocycles. The molecule has 3 rings (SSSR count). The maximum atomic E-state index is 9.55. The number of ether oxygens (including phenoxy) is 1. The van der Waals surface area contributed by atoms with Crippen LogP contribution in [-0.2, 0) is 6.54 Å². The molecule has 2 aromatic rings. The fourth-order valence-corrected chi connectivity index (χ4v) is 2.73. The third-order valence-corrected chi connectivity index (χ3v) is 4.25. The molecule has 0 aliphatic carbocycles. The molecule has 1 fully saturated rings. The summed E-state index contributed by atoms with van der Waals surface area (Å²) in [6.45, 7) is 5.25. The van der Waals surface area contributed by atoms with Gasteiger partial charge < -0.3 is 14.3 Å². The normalized spacial score (nSPS) is 16.4. The second-order valence-electron chi connectivity index (χ2n) is 6.23. The van der Waals surface area contributed by atoms with Crippen LogP contribution in [0.2, 0.25) is 0 Å². The molecule has 1 aliphatic rings. The van der Waals surface area contributed by atoms with Crippen LogP contribution in [0.4, 0.5) is 0 Å². The highest BCUT2D eigenvalue weighted by Crippen LogP contribution is 2.22. The minimum atomic E-state index is -0.169. The standard InChI is InChI=1S/C18H25N3O3/c1-2-3-12-23-16-6-4-14(5-7-16)18-20-19-17(24-18)13-21-10-8-15(22)9-11-21/h4-7,15,22H,2-3,8-13H2,1H3. The largest absolute Gasteiger partial charge is 0.494 e. The Kier molecular flexibility index (Phi) is 5.82. The first kappa shape index (κ1) is 16.9. The molecule has 24 heavy (non-hydrogen) atoms. The van der Waals surface area contributed by atoms with Gasteiger partial charge >= 0.3 is 0 Å². The highest BCUT2D eigenvalue weighted by Gasteiger charge is 2.19. The molecular formula is C18H25N3O3. The van der Waals surface area contributed by atoms with Crippen molar-refractivity contribution >= 4 is 0 Å². The predicted octanol–water partition coefficient (Wildman–Crippen LogP) is 2.87. The van der Waals surface area contributed by atoms with Crippen molar-refractivity contribution < 1.29 is 14.3 Å². The molecule has 1 N–H and O–H groups in total. The Morgan fingerprint density at radius 2 is 1.96 bits per heavy atom. The Labute approximate surface area is 142 Å². The summed E-state index contributed by atoms with van der Waals surface area (Å²) in [5.41, 5.74) is 0.894. The van der Waals surface area contributed by atoms with Crippen LogP contribution in [0.15, 0.2) is 28.7 Å². The SMILES string of the molecule is CCCCOc1ccc(-c2nnc(CN3CCC(O)CC3)o2)cc1. The maximum absolute atomic E-state index is 9.55. The van der Waals surface area contributed by atoms with Crippen LogP contribution < -0.4 is 4.74 Å². The van der Waals surface area contributed by atoms with E-state index in [9.17, 15) is 5.11 Å². The number of hydrogen-bond acceptors (Lipinski definition) is 6. The Bertz CT molecular complexity index is 619. The molecule has 1 saturated heterocycles. The monoisotopic (exact) mass is 331 g/mol. The lowest BCUT2D eigenvalue weighted by atomic mass is 10.1. The molecule has 130 valence electrons. The number of rotatable bonds is 7. The highest BCUT2D eigenvalue weighted by molar-refractivity contribution is 5.53. The molecule has 6 nitrogen and oxygen atoms in total. The second-order valence-corrected chi connectivity index (χ2v) is 6.23. The summed E-state index contributed by atoms with van der Waals surface area (Å²) in [6.07, 6.45) is 3.62. The highest BCUT2D eigenvalue weighted by atomic mass is 16.5. The number of nitrogens with zero attached hydrogens (tertiary/aromatic N) is 3. The number of benzene rings is 1. The lowest BCUT2D eigenvalue weighted by Gasteiger charge is -2.27. The summed E-state index contributed by atoms with van der Waals surface area (Å²) < 4.78 is 11.4. The van der Waals surface area contributed by atoms with E-state index < -0.39 is 0 Å². The van der Waals surface area contributed by atoms with Crippen LogP contribution in [0.3, 0.4) is 0 Å².